The van der Waals surface area contributed by atoms with Crippen molar-refractivity contribution in [2.75, 3.05) is 13.6 Å². The molecule has 4 heteroatoms. The van der Waals surface area contributed by atoms with E-state index in [1.165, 1.54) is 5.56 Å². The highest BCUT2D eigenvalue weighted by Gasteiger charge is 2.01. The quantitative estimate of drug-likeness (QED) is 0.829. The Labute approximate surface area is 96.7 Å². The highest BCUT2D eigenvalue weighted by Crippen LogP contribution is 2.02. The molecule has 0 unspecified atom stereocenters. The highest BCUT2D eigenvalue weighted by atomic mass is 35.5. The van der Waals surface area contributed by atoms with Gasteiger partial charge >= 0.3 is 0 Å². The van der Waals surface area contributed by atoms with Crippen LogP contribution in [0, 0.1) is 0 Å². The van der Waals surface area contributed by atoms with Gasteiger partial charge in [-0.1, -0.05) is 30.3 Å². The van der Waals surface area contributed by atoms with E-state index < -0.39 is 0 Å². The lowest BCUT2D eigenvalue weighted by molar-refractivity contribution is -0.118. The molecule has 1 aromatic rings. The van der Waals surface area contributed by atoms with Crippen LogP contribution in [0.25, 0.3) is 0 Å². The topological polar surface area (TPSA) is 46.3 Å². The summed E-state index contributed by atoms with van der Waals surface area (Å²) >= 11 is 0. The molecule has 0 saturated carbocycles. The number of hydrogen-bond acceptors (Lipinski definition) is 2. The first kappa shape index (κ1) is 13.9. The Bertz CT molecular complexity index is 290. The molecular formula is C11H17ClN2O. The van der Waals surface area contributed by atoms with Crippen LogP contribution in [-0.4, -0.2) is 24.4 Å². The zero-order valence-corrected chi connectivity index (χ0v) is 9.67. The standard InChI is InChI=1S/C11H16N2O.ClH/c1-13(8-7-11(12)14)9-10-5-3-2-4-6-10;/h2-6H,7-9H2,1H3,(H2,12,14);1H. The first-order valence-electron chi connectivity index (χ1n) is 4.69. The van der Waals surface area contributed by atoms with E-state index in [1.54, 1.807) is 0 Å². The fraction of sp³-hybridized carbons (Fsp3) is 0.364. The number of primary amides is 1. The highest BCUT2D eigenvalue weighted by molar-refractivity contribution is 5.85. The van der Waals surface area contributed by atoms with Crippen molar-refractivity contribution in [2.45, 2.75) is 13.0 Å². The number of nitrogens with two attached hydrogens (primary N) is 1. The van der Waals surface area contributed by atoms with Gasteiger partial charge in [0.1, 0.15) is 0 Å². The van der Waals surface area contributed by atoms with Crippen molar-refractivity contribution < 1.29 is 4.79 Å². The van der Waals surface area contributed by atoms with Crippen molar-refractivity contribution in [3.8, 4) is 0 Å². The van der Waals surface area contributed by atoms with Gasteiger partial charge in [-0.15, -0.1) is 12.4 Å². The van der Waals surface area contributed by atoms with Gasteiger partial charge in [-0.2, -0.15) is 0 Å². The van der Waals surface area contributed by atoms with E-state index in [-0.39, 0.29) is 18.3 Å². The number of amides is 1. The Morgan fingerprint density at radius 2 is 1.93 bits per heavy atom. The summed E-state index contributed by atoms with van der Waals surface area (Å²) in [6.07, 6.45) is 0.420. The number of rotatable bonds is 5. The average molecular weight is 229 g/mol. The maximum Gasteiger partial charge on any atom is 0.218 e. The minimum atomic E-state index is -0.245. The van der Waals surface area contributed by atoms with Crippen molar-refractivity contribution in [1.82, 2.24) is 4.90 Å². The summed E-state index contributed by atoms with van der Waals surface area (Å²) in [5.41, 5.74) is 6.32. The third kappa shape index (κ3) is 6.10. The molecule has 0 bridgehead atoms. The minimum Gasteiger partial charge on any atom is -0.370 e. The van der Waals surface area contributed by atoms with Crippen LogP contribution in [0.5, 0.6) is 0 Å². The molecule has 0 aliphatic heterocycles. The fourth-order valence-corrected chi connectivity index (χ4v) is 1.28. The molecule has 1 aromatic carbocycles. The lowest BCUT2D eigenvalue weighted by Crippen LogP contribution is -2.24. The van der Waals surface area contributed by atoms with E-state index >= 15 is 0 Å². The second-order valence-electron chi connectivity index (χ2n) is 3.44. The lowest BCUT2D eigenvalue weighted by atomic mass is 10.2. The molecule has 0 atom stereocenters. The molecule has 0 aliphatic carbocycles. The lowest BCUT2D eigenvalue weighted by Gasteiger charge is -2.15. The van der Waals surface area contributed by atoms with Gasteiger partial charge in [0.2, 0.25) is 5.91 Å². The third-order valence-electron chi connectivity index (χ3n) is 2.04. The van der Waals surface area contributed by atoms with Crippen LogP contribution >= 0.6 is 12.4 Å². The van der Waals surface area contributed by atoms with E-state index in [4.69, 9.17) is 5.73 Å². The average Bonchev–Trinajstić information content (AvgIpc) is 2.16. The predicted octanol–water partition coefficient (Wildman–Crippen LogP) is 1.42. The summed E-state index contributed by atoms with van der Waals surface area (Å²) < 4.78 is 0. The SMILES string of the molecule is CN(CCC(N)=O)Cc1ccccc1.Cl. The number of hydrogen-bond donors (Lipinski definition) is 1. The second kappa shape index (κ2) is 7.26. The number of carbonyl (C=O) groups is 1. The first-order chi connectivity index (χ1) is 6.68. The maximum absolute atomic E-state index is 10.6. The van der Waals surface area contributed by atoms with Crippen LogP contribution in [0.3, 0.4) is 0 Å². The van der Waals surface area contributed by atoms with Crippen LogP contribution in [0.15, 0.2) is 30.3 Å². The molecule has 0 aromatic heterocycles. The third-order valence-corrected chi connectivity index (χ3v) is 2.04. The Morgan fingerprint density at radius 3 is 2.47 bits per heavy atom. The van der Waals surface area contributed by atoms with Gasteiger partial charge in [-0.3, -0.25) is 4.79 Å². The molecular weight excluding hydrogens is 212 g/mol. The molecule has 0 saturated heterocycles. The van der Waals surface area contributed by atoms with E-state index in [0.29, 0.717) is 13.0 Å². The zero-order valence-electron chi connectivity index (χ0n) is 8.85. The van der Waals surface area contributed by atoms with Crippen molar-refractivity contribution >= 4 is 18.3 Å². The maximum atomic E-state index is 10.6. The molecule has 0 radical (unpaired) electrons. The van der Waals surface area contributed by atoms with Crippen molar-refractivity contribution in [3.05, 3.63) is 35.9 Å². The Hall–Kier alpha value is -1.06. The molecule has 3 nitrogen and oxygen atoms in total. The van der Waals surface area contributed by atoms with Gasteiger partial charge in [0.15, 0.2) is 0 Å². The van der Waals surface area contributed by atoms with Gasteiger partial charge < -0.3 is 10.6 Å². The van der Waals surface area contributed by atoms with E-state index in [2.05, 4.69) is 17.0 Å². The molecule has 0 heterocycles. The van der Waals surface area contributed by atoms with Crippen LogP contribution < -0.4 is 5.73 Å². The summed E-state index contributed by atoms with van der Waals surface area (Å²) in [7, 11) is 1.98. The number of carbonyl (C=O) groups excluding carboxylic acids is 1. The molecule has 1 rings (SSSR count). The van der Waals surface area contributed by atoms with Gasteiger partial charge in [0.25, 0.3) is 0 Å². The Kier molecular flexibility index (Phi) is 6.75. The van der Waals surface area contributed by atoms with Gasteiger partial charge in [-0.25, -0.2) is 0 Å². The monoisotopic (exact) mass is 228 g/mol. The van der Waals surface area contributed by atoms with E-state index in [0.717, 1.165) is 6.54 Å². The smallest absolute Gasteiger partial charge is 0.218 e. The molecule has 84 valence electrons. The van der Waals surface area contributed by atoms with Crippen molar-refractivity contribution in [2.24, 2.45) is 5.73 Å². The Balaban J connectivity index is 0.00000196. The molecule has 0 aliphatic rings. The summed E-state index contributed by atoms with van der Waals surface area (Å²) in [4.78, 5) is 12.6. The van der Waals surface area contributed by atoms with Crippen molar-refractivity contribution in [1.29, 1.82) is 0 Å². The van der Waals surface area contributed by atoms with Crippen LogP contribution in [0.2, 0.25) is 0 Å². The summed E-state index contributed by atoms with van der Waals surface area (Å²) in [5, 5.41) is 0. The van der Waals surface area contributed by atoms with E-state index in [9.17, 15) is 4.79 Å². The Morgan fingerprint density at radius 1 is 1.33 bits per heavy atom. The summed E-state index contributed by atoms with van der Waals surface area (Å²) in [6.45, 7) is 1.57. The van der Waals surface area contributed by atoms with Gasteiger partial charge in [0.05, 0.1) is 0 Å². The van der Waals surface area contributed by atoms with Gasteiger partial charge in [0, 0.05) is 19.5 Å². The molecule has 0 fully saturated rings. The molecule has 2 N–H and O–H groups in total. The zero-order chi connectivity index (χ0) is 10.4. The second-order valence-corrected chi connectivity index (χ2v) is 3.44. The molecule has 0 spiro atoms. The normalized spacial score (nSPS) is 9.73. The molecule has 15 heavy (non-hydrogen) atoms. The van der Waals surface area contributed by atoms with E-state index in [1.807, 2.05) is 25.2 Å². The number of halogens is 1. The minimum absolute atomic E-state index is 0. The van der Waals surface area contributed by atoms with Gasteiger partial charge in [-0.05, 0) is 12.6 Å². The molecule has 1 amide bonds. The summed E-state index contributed by atoms with van der Waals surface area (Å²) in [6, 6.07) is 10.2. The first-order valence-corrected chi connectivity index (χ1v) is 4.69. The number of nitrogens with zero attached hydrogens (tertiary/aromatic N) is 1. The number of benzene rings is 1. The largest absolute Gasteiger partial charge is 0.370 e. The van der Waals surface area contributed by atoms with Crippen LogP contribution in [-0.2, 0) is 11.3 Å². The van der Waals surface area contributed by atoms with Crippen LogP contribution in [0.4, 0.5) is 0 Å². The predicted molar refractivity (Wildman–Crippen MR) is 63.8 cm³/mol. The fourth-order valence-electron chi connectivity index (χ4n) is 1.28. The van der Waals surface area contributed by atoms with Crippen molar-refractivity contribution in [3.63, 3.8) is 0 Å². The summed E-state index contributed by atoms with van der Waals surface area (Å²) in [5.74, 6) is -0.245. The van der Waals surface area contributed by atoms with Crippen LogP contribution in [0.1, 0.15) is 12.0 Å².